The molecule has 0 unspecified atom stereocenters. The second kappa shape index (κ2) is 7.01. The summed E-state index contributed by atoms with van der Waals surface area (Å²) in [5.41, 5.74) is 10.2. The zero-order valence-corrected chi connectivity index (χ0v) is 13.4. The van der Waals surface area contributed by atoms with Gasteiger partial charge in [-0.25, -0.2) is 4.98 Å². The molecule has 0 radical (unpaired) electrons. The van der Waals surface area contributed by atoms with Gasteiger partial charge in [-0.15, -0.1) is 21.5 Å². The number of hydrazone groups is 1. The van der Waals surface area contributed by atoms with Gasteiger partial charge in [0.15, 0.2) is 0 Å². The third-order valence-electron chi connectivity index (χ3n) is 2.98. The lowest BCUT2D eigenvalue weighted by atomic mass is 10.1. The van der Waals surface area contributed by atoms with E-state index in [9.17, 15) is 0 Å². The summed E-state index contributed by atoms with van der Waals surface area (Å²) >= 11 is 1.40. The van der Waals surface area contributed by atoms with Crippen molar-refractivity contribution in [2.45, 2.75) is 19.8 Å². The summed E-state index contributed by atoms with van der Waals surface area (Å²) in [6.45, 7) is 2.08. The molecule has 0 bridgehead atoms. The van der Waals surface area contributed by atoms with Crippen molar-refractivity contribution >= 4 is 28.5 Å². The van der Waals surface area contributed by atoms with Crippen molar-refractivity contribution in [2.75, 3.05) is 11.2 Å². The highest BCUT2D eigenvalue weighted by Crippen LogP contribution is 2.19. The van der Waals surface area contributed by atoms with Crippen LogP contribution in [0.1, 0.15) is 24.8 Å². The molecule has 7 nitrogen and oxygen atoms in total. The van der Waals surface area contributed by atoms with Gasteiger partial charge in [0.05, 0.1) is 6.21 Å². The normalized spacial score (nSPS) is 11.2. The summed E-state index contributed by atoms with van der Waals surface area (Å²) in [6.07, 6.45) is 3.48. The average Bonchev–Trinajstić information content (AvgIpc) is 3.18. The Labute approximate surface area is 137 Å². The van der Waals surface area contributed by atoms with Crippen LogP contribution in [-0.2, 0) is 6.42 Å². The highest BCUT2D eigenvalue weighted by Gasteiger charge is 2.07. The molecule has 2 heterocycles. The number of nitrogens with one attached hydrogen (secondary N) is 1. The van der Waals surface area contributed by atoms with Crippen LogP contribution in [0.25, 0.3) is 11.5 Å². The first-order valence-electron chi connectivity index (χ1n) is 7.17. The van der Waals surface area contributed by atoms with Crippen molar-refractivity contribution in [1.29, 1.82) is 0 Å². The Balaban J connectivity index is 1.64. The molecule has 0 saturated heterocycles. The van der Waals surface area contributed by atoms with E-state index in [1.165, 1.54) is 11.3 Å². The molecule has 0 amide bonds. The van der Waals surface area contributed by atoms with Gasteiger partial charge < -0.3 is 10.2 Å². The van der Waals surface area contributed by atoms with E-state index in [0.717, 1.165) is 24.0 Å². The van der Waals surface area contributed by atoms with E-state index in [1.54, 1.807) is 11.6 Å². The van der Waals surface area contributed by atoms with Crippen molar-refractivity contribution in [3.8, 4) is 11.5 Å². The van der Waals surface area contributed by atoms with Crippen molar-refractivity contribution in [3.63, 3.8) is 0 Å². The lowest BCUT2D eigenvalue weighted by molar-refractivity contribution is 0.502. The summed E-state index contributed by atoms with van der Waals surface area (Å²) in [7, 11) is 0. The van der Waals surface area contributed by atoms with E-state index in [2.05, 4.69) is 32.6 Å². The molecule has 3 aromatic rings. The Bertz CT molecular complexity index is 792. The minimum atomic E-state index is 0.485. The minimum absolute atomic E-state index is 0.485. The monoisotopic (exact) mass is 328 g/mol. The summed E-state index contributed by atoms with van der Waals surface area (Å²) in [5.74, 6) is 1.69. The Morgan fingerprint density at radius 1 is 1.30 bits per heavy atom. The van der Waals surface area contributed by atoms with Gasteiger partial charge in [0.1, 0.15) is 5.82 Å². The molecule has 118 valence electrons. The molecule has 0 atom stereocenters. The second-order valence-corrected chi connectivity index (χ2v) is 5.68. The van der Waals surface area contributed by atoms with E-state index < -0.39 is 0 Å². The largest absolute Gasteiger partial charge is 0.421 e. The van der Waals surface area contributed by atoms with Crippen LogP contribution in [0.3, 0.4) is 0 Å². The Kier molecular flexibility index (Phi) is 4.62. The zero-order chi connectivity index (χ0) is 16.1. The highest BCUT2D eigenvalue weighted by atomic mass is 32.1. The molecule has 3 N–H and O–H groups in total. The summed E-state index contributed by atoms with van der Waals surface area (Å²) < 4.78 is 5.60. The Morgan fingerprint density at radius 2 is 2.13 bits per heavy atom. The molecule has 2 aromatic heterocycles. The van der Waals surface area contributed by atoms with Crippen molar-refractivity contribution in [1.82, 2.24) is 15.2 Å². The van der Waals surface area contributed by atoms with Crippen molar-refractivity contribution in [2.24, 2.45) is 5.10 Å². The molecular formula is C15H16N6OS. The number of nitrogens with two attached hydrogens (primary N) is 1. The maximum atomic E-state index is 5.60. The molecule has 3 rings (SSSR count). The van der Waals surface area contributed by atoms with E-state index in [0.29, 0.717) is 22.7 Å². The van der Waals surface area contributed by atoms with Crippen LogP contribution < -0.4 is 11.2 Å². The van der Waals surface area contributed by atoms with E-state index in [-0.39, 0.29) is 0 Å². The molecule has 0 spiro atoms. The van der Waals surface area contributed by atoms with E-state index in [4.69, 9.17) is 10.2 Å². The van der Waals surface area contributed by atoms with Gasteiger partial charge in [-0.1, -0.05) is 19.1 Å². The van der Waals surface area contributed by atoms with Crippen molar-refractivity contribution in [3.05, 3.63) is 41.1 Å². The molecule has 23 heavy (non-hydrogen) atoms. The van der Waals surface area contributed by atoms with Crippen LogP contribution in [0, 0.1) is 0 Å². The van der Waals surface area contributed by atoms with Crippen LogP contribution >= 0.6 is 11.3 Å². The third kappa shape index (κ3) is 3.92. The number of benzene rings is 1. The van der Waals surface area contributed by atoms with Crippen LogP contribution in [0.2, 0.25) is 0 Å². The number of nitrogen functional groups attached to an aromatic ring is 1. The molecule has 0 aliphatic heterocycles. The fraction of sp³-hybridized carbons (Fsp3) is 0.200. The van der Waals surface area contributed by atoms with Gasteiger partial charge in [0.2, 0.25) is 16.9 Å². The van der Waals surface area contributed by atoms with Crippen LogP contribution in [0.5, 0.6) is 0 Å². The Morgan fingerprint density at radius 3 is 2.83 bits per heavy atom. The number of anilines is 2. The van der Waals surface area contributed by atoms with E-state index >= 15 is 0 Å². The number of thiazole rings is 1. The second-order valence-electron chi connectivity index (χ2n) is 4.82. The van der Waals surface area contributed by atoms with Gasteiger partial charge in [-0.05, 0) is 24.1 Å². The molecule has 1 aromatic carbocycles. The lowest BCUT2D eigenvalue weighted by Crippen LogP contribution is -1.91. The quantitative estimate of drug-likeness (QED) is 0.532. The standard InChI is InChI=1S/C15H16N6OS/c1-2-3-13-19-20-14(22-13)11-6-4-10(5-7-11)8-17-21-15-18-12(16)9-23-15/h4-9H,2-3,16H2,1H3,(H,18,21). The minimum Gasteiger partial charge on any atom is -0.421 e. The van der Waals surface area contributed by atoms with Crippen molar-refractivity contribution < 1.29 is 4.42 Å². The Hall–Kier alpha value is -2.74. The predicted molar refractivity (Wildman–Crippen MR) is 91.5 cm³/mol. The number of rotatable bonds is 6. The van der Waals surface area contributed by atoms with Gasteiger partial charge in [0, 0.05) is 17.4 Å². The van der Waals surface area contributed by atoms with Crippen LogP contribution in [-0.4, -0.2) is 21.4 Å². The first-order chi connectivity index (χ1) is 11.2. The maximum Gasteiger partial charge on any atom is 0.247 e. The molecule has 8 heteroatoms. The van der Waals surface area contributed by atoms with Crippen LogP contribution in [0.15, 0.2) is 39.2 Å². The number of hydrogen-bond donors (Lipinski definition) is 2. The average molecular weight is 328 g/mol. The molecular weight excluding hydrogens is 312 g/mol. The molecule has 0 aliphatic carbocycles. The van der Waals surface area contributed by atoms with Gasteiger partial charge in [0.25, 0.3) is 0 Å². The number of nitrogens with zero attached hydrogens (tertiary/aromatic N) is 4. The third-order valence-corrected chi connectivity index (χ3v) is 3.75. The summed E-state index contributed by atoms with van der Waals surface area (Å²) in [6, 6.07) is 7.71. The lowest BCUT2D eigenvalue weighted by Gasteiger charge is -1.97. The zero-order valence-electron chi connectivity index (χ0n) is 12.6. The highest BCUT2D eigenvalue weighted by molar-refractivity contribution is 7.14. The predicted octanol–water partition coefficient (Wildman–Crippen LogP) is 3.17. The molecule has 0 fully saturated rings. The topological polar surface area (TPSA) is 102 Å². The van der Waals surface area contributed by atoms with Crippen LogP contribution in [0.4, 0.5) is 10.9 Å². The molecule has 0 aliphatic rings. The first-order valence-corrected chi connectivity index (χ1v) is 8.05. The van der Waals surface area contributed by atoms with E-state index in [1.807, 2.05) is 24.3 Å². The fourth-order valence-electron chi connectivity index (χ4n) is 1.90. The first kappa shape index (κ1) is 15.2. The van der Waals surface area contributed by atoms with Gasteiger partial charge >= 0.3 is 0 Å². The SMILES string of the molecule is CCCc1nnc(-c2ccc(C=NNc3nc(N)cs3)cc2)o1. The summed E-state index contributed by atoms with van der Waals surface area (Å²) in [4.78, 5) is 4.06. The number of hydrogen-bond acceptors (Lipinski definition) is 8. The smallest absolute Gasteiger partial charge is 0.247 e. The number of aromatic nitrogens is 3. The van der Waals surface area contributed by atoms with Gasteiger partial charge in [-0.2, -0.15) is 5.10 Å². The summed E-state index contributed by atoms with van der Waals surface area (Å²) in [5, 5.41) is 14.6. The fourth-order valence-corrected chi connectivity index (χ4v) is 2.45. The number of aryl methyl sites for hydroxylation is 1. The maximum absolute atomic E-state index is 5.60. The van der Waals surface area contributed by atoms with Gasteiger partial charge in [-0.3, -0.25) is 5.43 Å². The molecule has 0 saturated carbocycles.